The number of benzene rings is 1. The number of nitrogens with one attached hydrogen (secondary N) is 1. The number of rotatable bonds is 6. The van der Waals surface area contributed by atoms with Crippen LogP contribution in [0.15, 0.2) is 29.2 Å². The van der Waals surface area contributed by atoms with E-state index in [0.29, 0.717) is 0 Å². The van der Waals surface area contributed by atoms with E-state index in [1.165, 1.54) is 32.3 Å². The van der Waals surface area contributed by atoms with Gasteiger partial charge in [-0.1, -0.05) is 6.07 Å². The first-order valence-electron chi connectivity index (χ1n) is 6.92. The third kappa shape index (κ3) is 6.02. The molecule has 1 rings (SSSR count). The highest BCUT2D eigenvalue weighted by molar-refractivity contribution is 7.89. The number of halogens is 3. The van der Waals surface area contributed by atoms with Gasteiger partial charge in [-0.2, -0.15) is 13.2 Å². The molecule has 0 bridgehead atoms. The molecular weight excluding hydrogens is 365 g/mol. The van der Waals surface area contributed by atoms with Crippen molar-refractivity contribution in [2.24, 2.45) is 0 Å². The maximum atomic E-state index is 12.0. The molecule has 1 aromatic rings. The summed E-state index contributed by atoms with van der Waals surface area (Å²) in [5, 5.41) is 1.59. The molecule has 0 aliphatic heterocycles. The van der Waals surface area contributed by atoms with Crippen LogP contribution in [-0.4, -0.2) is 57.5 Å². The van der Waals surface area contributed by atoms with Gasteiger partial charge in [0.25, 0.3) is 5.91 Å². The summed E-state index contributed by atoms with van der Waals surface area (Å²) in [6, 6.07) is 4.89. The van der Waals surface area contributed by atoms with Crippen LogP contribution in [0.3, 0.4) is 0 Å². The first kappa shape index (κ1) is 20.9. The Labute approximate surface area is 142 Å². The Kier molecular flexibility index (Phi) is 6.54. The van der Waals surface area contributed by atoms with Gasteiger partial charge in [-0.15, -0.1) is 0 Å². The smallest absolute Gasteiger partial charge is 0.405 e. The highest BCUT2D eigenvalue weighted by atomic mass is 32.2. The molecule has 1 N–H and O–H groups in total. The minimum atomic E-state index is -4.59. The molecule has 25 heavy (non-hydrogen) atoms. The minimum absolute atomic E-state index is 0.154. The standard InChI is InChI=1S/C14H17F3N2O5S/c1-9(12(20)18-8-14(15,16)17)24-13(21)10-5-4-6-11(7-10)25(22,23)19(2)3/h4-7,9H,8H2,1-3H3,(H,18,20)/t9-/m1/s1. The quantitative estimate of drug-likeness (QED) is 0.746. The normalized spacial score (nSPS) is 13.4. The predicted octanol–water partition coefficient (Wildman–Crippen LogP) is 1.16. The van der Waals surface area contributed by atoms with E-state index in [2.05, 4.69) is 0 Å². The van der Waals surface area contributed by atoms with E-state index in [-0.39, 0.29) is 10.5 Å². The summed E-state index contributed by atoms with van der Waals surface area (Å²) in [7, 11) is -1.16. The van der Waals surface area contributed by atoms with Crippen molar-refractivity contribution >= 4 is 21.9 Å². The van der Waals surface area contributed by atoms with Crippen LogP contribution in [0, 0.1) is 0 Å². The number of esters is 1. The lowest BCUT2D eigenvalue weighted by Crippen LogP contribution is -2.40. The maximum absolute atomic E-state index is 12.0. The first-order valence-corrected chi connectivity index (χ1v) is 8.36. The van der Waals surface area contributed by atoms with Gasteiger partial charge in [0.2, 0.25) is 10.0 Å². The molecule has 0 aliphatic carbocycles. The Hall–Kier alpha value is -2.14. The molecule has 0 saturated heterocycles. The lowest BCUT2D eigenvalue weighted by atomic mass is 10.2. The van der Waals surface area contributed by atoms with E-state index in [9.17, 15) is 31.2 Å². The van der Waals surface area contributed by atoms with Gasteiger partial charge in [0.05, 0.1) is 10.5 Å². The van der Waals surface area contributed by atoms with Crippen molar-refractivity contribution in [3.63, 3.8) is 0 Å². The zero-order valence-electron chi connectivity index (χ0n) is 13.6. The summed E-state index contributed by atoms with van der Waals surface area (Å²) >= 11 is 0. The molecule has 0 fully saturated rings. The molecule has 0 aliphatic rings. The molecule has 0 spiro atoms. The fourth-order valence-electron chi connectivity index (χ4n) is 1.61. The van der Waals surface area contributed by atoms with Gasteiger partial charge in [-0.3, -0.25) is 4.79 Å². The van der Waals surface area contributed by atoms with Crippen LogP contribution in [-0.2, 0) is 19.6 Å². The molecule has 0 radical (unpaired) electrons. The fourth-order valence-corrected chi connectivity index (χ4v) is 2.56. The van der Waals surface area contributed by atoms with E-state index in [1.807, 2.05) is 0 Å². The van der Waals surface area contributed by atoms with Crippen LogP contribution in [0.4, 0.5) is 13.2 Å². The molecule has 140 valence electrons. The van der Waals surface area contributed by atoms with E-state index >= 15 is 0 Å². The molecule has 0 heterocycles. The third-order valence-corrected chi connectivity index (χ3v) is 4.78. The monoisotopic (exact) mass is 382 g/mol. The number of alkyl halides is 3. The molecule has 1 aromatic carbocycles. The van der Waals surface area contributed by atoms with Gasteiger partial charge < -0.3 is 10.1 Å². The first-order chi connectivity index (χ1) is 11.3. The highest BCUT2D eigenvalue weighted by Gasteiger charge is 2.29. The lowest BCUT2D eigenvalue weighted by molar-refractivity contribution is -0.143. The Morgan fingerprint density at radius 2 is 1.88 bits per heavy atom. The number of ether oxygens (including phenoxy) is 1. The van der Waals surface area contributed by atoms with Gasteiger partial charge in [0.15, 0.2) is 6.10 Å². The Morgan fingerprint density at radius 3 is 2.40 bits per heavy atom. The molecule has 0 unspecified atom stereocenters. The molecule has 1 atom stereocenters. The van der Waals surface area contributed by atoms with Gasteiger partial charge in [-0.05, 0) is 25.1 Å². The van der Waals surface area contributed by atoms with Crippen LogP contribution in [0.25, 0.3) is 0 Å². The van der Waals surface area contributed by atoms with Crippen molar-refractivity contribution in [3.05, 3.63) is 29.8 Å². The van der Waals surface area contributed by atoms with Gasteiger partial charge in [0, 0.05) is 14.1 Å². The van der Waals surface area contributed by atoms with Crippen molar-refractivity contribution in [2.45, 2.75) is 24.1 Å². The second kappa shape index (κ2) is 7.83. The molecule has 1 amide bonds. The summed E-state index contributed by atoms with van der Waals surface area (Å²) in [5.41, 5.74) is -0.154. The SMILES string of the molecule is C[C@@H](OC(=O)c1cccc(S(=O)(=O)N(C)C)c1)C(=O)NCC(F)(F)F. The Bertz CT molecular complexity index is 747. The fraction of sp³-hybridized carbons (Fsp3) is 0.429. The average molecular weight is 382 g/mol. The Balaban J connectivity index is 2.83. The van der Waals surface area contributed by atoms with Crippen molar-refractivity contribution in [1.29, 1.82) is 0 Å². The van der Waals surface area contributed by atoms with Gasteiger partial charge in [0.1, 0.15) is 6.54 Å². The average Bonchev–Trinajstić information content (AvgIpc) is 2.51. The van der Waals surface area contributed by atoms with Crippen LogP contribution >= 0.6 is 0 Å². The summed E-state index contributed by atoms with van der Waals surface area (Å²) in [4.78, 5) is 23.3. The zero-order chi connectivity index (χ0) is 19.4. The van der Waals surface area contributed by atoms with Crippen LogP contribution in [0.1, 0.15) is 17.3 Å². The highest BCUT2D eigenvalue weighted by Crippen LogP contribution is 2.16. The lowest BCUT2D eigenvalue weighted by Gasteiger charge is -2.15. The van der Waals surface area contributed by atoms with Crippen LogP contribution in [0.5, 0.6) is 0 Å². The van der Waals surface area contributed by atoms with E-state index in [1.54, 1.807) is 5.32 Å². The molecule has 0 aromatic heterocycles. The van der Waals surface area contributed by atoms with E-state index in [4.69, 9.17) is 4.74 Å². The summed E-state index contributed by atoms with van der Waals surface area (Å²) in [6.07, 6.45) is -6.07. The van der Waals surface area contributed by atoms with Crippen LogP contribution < -0.4 is 5.32 Å². The number of carbonyl (C=O) groups excluding carboxylic acids is 2. The number of carbonyl (C=O) groups is 2. The number of hydrogen-bond acceptors (Lipinski definition) is 5. The van der Waals surface area contributed by atoms with Gasteiger partial charge >= 0.3 is 12.1 Å². The molecular formula is C14H17F3N2O5S. The summed E-state index contributed by atoms with van der Waals surface area (Å²) in [6.45, 7) is -0.450. The predicted molar refractivity (Wildman–Crippen MR) is 81.3 cm³/mol. The minimum Gasteiger partial charge on any atom is -0.449 e. The molecule has 0 saturated carbocycles. The third-order valence-electron chi connectivity index (χ3n) is 2.96. The maximum Gasteiger partial charge on any atom is 0.405 e. The van der Waals surface area contributed by atoms with Crippen LogP contribution in [0.2, 0.25) is 0 Å². The second-order valence-corrected chi connectivity index (χ2v) is 7.35. The van der Waals surface area contributed by atoms with E-state index in [0.717, 1.165) is 17.3 Å². The number of hydrogen-bond donors (Lipinski definition) is 1. The molecule has 11 heteroatoms. The zero-order valence-corrected chi connectivity index (χ0v) is 14.4. The summed E-state index contributed by atoms with van der Waals surface area (Å²) in [5.74, 6) is -2.16. The van der Waals surface area contributed by atoms with Crippen molar-refractivity contribution in [1.82, 2.24) is 9.62 Å². The summed E-state index contributed by atoms with van der Waals surface area (Å²) < 4.78 is 65.9. The van der Waals surface area contributed by atoms with Gasteiger partial charge in [-0.25, -0.2) is 17.5 Å². The Morgan fingerprint density at radius 1 is 1.28 bits per heavy atom. The van der Waals surface area contributed by atoms with E-state index < -0.39 is 40.7 Å². The number of amides is 1. The van der Waals surface area contributed by atoms with Crippen molar-refractivity contribution in [3.8, 4) is 0 Å². The van der Waals surface area contributed by atoms with Crippen molar-refractivity contribution in [2.75, 3.05) is 20.6 Å². The largest absolute Gasteiger partial charge is 0.449 e. The number of sulfonamides is 1. The molecule has 7 nitrogen and oxygen atoms in total. The second-order valence-electron chi connectivity index (χ2n) is 5.20. The number of nitrogens with zero attached hydrogens (tertiary/aromatic N) is 1. The van der Waals surface area contributed by atoms with Crippen molar-refractivity contribution < 1.29 is 35.9 Å². The topological polar surface area (TPSA) is 92.8 Å².